The predicted octanol–water partition coefficient (Wildman–Crippen LogP) is 0.859. The van der Waals surface area contributed by atoms with E-state index in [9.17, 15) is 4.79 Å². The van der Waals surface area contributed by atoms with Crippen molar-refractivity contribution < 1.29 is 4.79 Å². The lowest BCUT2D eigenvalue weighted by atomic mass is 10.2. The molecule has 0 spiro atoms. The van der Waals surface area contributed by atoms with Crippen LogP contribution in [0.3, 0.4) is 0 Å². The molecular formula is C9H17N3O. The topological polar surface area (TPSA) is 70.9 Å². The minimum absolute atomic E-state index is 0.670. The molecule has 1 aromatic rings. The van der Waals surface area contributed by atoms with Crippen LogP contribution in [-0.2, 0) is 6.42 Å². The van der Waals surface area contributed by atoms with Gasteiger partial charge in [-0.3, -0.25) is 16.1 Å². The van der Waals surface area contributed by atoms with Gasteiger partial charge in [0.05, 0.1) is 5.69 Å². The fraction of sp³-hybridized carbons (Fsp3) is 0.444. The van der Waals surface area contributed by atoms with Gasteiger partial charge >= 0.3 is 0 Å². The molecule has 0 bridgehead atoms. The van der Waals surface area contributed by atoms with Gasteiger partial charge in [-0.1, -0.05) is 13.3 Å². The summed E-state index contributed by atoms with van der Waals surface area (Å²) in [5, 5.41) is 0. The van der Waals surface area contributed by atoms with E-state index in [1.165, 1.54) is 5.56 Å². The molecule has 4 nitrogen and oxygen atoms in total. The molecule has 0 aliphatic carbocycles. The summed E-state index contributed by atoms with van der Waals surface area (Å²) in [7, 11) is 1.65. The number of hydrazine groups is 1. The largest absolute Gasteiger partial charge is 0.359 e. The first-order valence-electron chi connectivity index (χ1n) is 4.28. The first-order valence-corrected chi connectivity index (χ1v) is 4.28. The fourth-order valence-electron chi connectivity index (χ4n) is 0.960. The third kappa shape index (κ3) is 5.16. The number of aldehydes is 1. The van der Waals surface area contributed by atoms with Gasteiger partial charge in [0.2, 0.25) is 0 Å². The van der Waals surface area contributed by atoms with E-state index in [4.69, 9.17) is 0 Å². The maximum Gasteiger partial charge on any atom is 0.166 e. The SMILES string of the molecule is CCCc1c[nH]c(C=O)c1.CNN. The lowest BCUT2D eigenvalue weighted by molar-refractivity contribution is 0.111. The molecule has 0 saturated carbocycles. The van der Waals surface area contributed by atoms with Crippen molar-refractivity contribution in [1.29, 1.82) is 0 Å². The Labute approximate surface area is 78.5 Å². The summed E-state index contributed by atoms with van der Waals surface area (Å²) in [5.74, 6) is 4.60. The van der Waals surface area contributed by atoms with Crippen LogP contribution in [-0.4, -0.2) is 18.3 Å². The maximum absolute atomic E-state index is 10.2. The van der Waals surface area contributed by atoms with E-state index >= 15 is 0 Å². The maximum atomic E-state index is 10.2. The van der Waals surface area contributed by atoms with Crippen LogP contribution in [0, 0.1) is 0 Å². The Balaban J connectivity index is 0.000000424. The second kappa shape index (κ2) is 7.52. The number of H-pyrrole nitrogens is 1. The van der Waals surface area contributed by atoms with Crippen molar-refractivity contribution in [3.8, 4) is 0 Å². The molecule has 13 heavy (non-hydrogen) atoms. The molecule has 0 aromatic carbocycles. The van der Waals surface area contributed by atoms with Gasteiger partial charge in [0.25, 0.3) is 0 Å². The minimum atomic E-state index is 0.670. The van der Waals surface area contributed by atoms with Crippen molar-refractivity contribution >= 4 is 6.29 Å². The summed E-state index contributed by atoms with van der Waals surface area (Å²) in [6, 6.07) is 1.89. The Bertz CT molecular complexity index is 233. The summed E-state index contributed by atoms with van der Waals surface area (Å²) in [6.07, 6.45) is 4.88. The molecule has 74 valence electrons. The Hall–Kier alpha value is -1.13. The molecule has 0 saturated heterocycles. The van der Waals surface area contributed by atoms with Crippen molar-refractivity contribution in [3.63, 3.8) is 0 Å². The molecule has 0 aliphatic heterocycles. The molecule has 4 heteroatoms. The highest BCUT2D eigenvalue weighted by Crippen LogP contribution is 2.03. The quantitative estimate of drug-likeness (QED) is 0.370. The summed E-state index contributed by atoms with van der Waals surface area (Å²) in [4.78, 5) is 13.1. The summed E-state index contributed by atoms with van der Waals surface area (Å²) >= 11 is 0. The number of hydrogen-bond donors (Lipinski definition) is 3. The zero-order valence-corrected chi connectivity index (χ0v) is 8.13. The summed E-state index contributed by atoms with van der Waals surface area (Å²) in [6.45, 7) is 2.12. The Morgan fingerprint density at radius 1 is 1.69 bits per heavy atom. The molecule has 0 amide bonds. The average molecular weight is 183 g/mol. The third-order valence-corrected chi connectivity index (χ3v) is 1.43. The van der Waals surface area contributed by atoms with Gasteiger partial charge in [-0.2, -0.15) is 0 Å². The highest BCUT2D eigenvalue weighted by Gasteiger charge is 1.94. The number of nitrogens with two attached hydrogens (primary N) is 1. The molecule has 0 atom stereocenters. The second-order valence-electron chi connectivity index (χ2n) is 2.62. The van der Waals surface area contributed by atoms with Crippen molar-refractivity contribution in [3.05, 3.63) is 23.5 Å². The first kappa shape index (κ1) is 11.9. The van der Waals surface area contributed by atoms with E-state index in [2.05, 4.69) is 23.2 Å². The highest BCUT2D eigenvalue weighted by molar-refractivity contribution is 5.72. The van der Waals surface area contributed by atoms with Crippen LogP contribution in [0.5, 0.6) is 0 Å². The van der Waals surface area contributed by atoms with Gasteiger partial charge in [0, 0.05) is 6.20 Å². The minimum Gasteiger partial charge on any atom is -0.359 e. The smallest absolute Gasteiger partial charge is 0.166 e. The molecule has 0 aliphatic rings. The van der Waals surface area contributed by atoms with Crippen LogP contribution < -0.4 is 11.3 Å². The van der Waals surface area contributed by atoms with E-state index in [-0.39, 0.29) is 0 Å². The van der Waals surface area contributed by atoms with Gasteiger partial charge in [-0.15, -0.1) is 0 Å². The van der Waals surface area contributed by atoms with Crippen LogP contribution in [0.25, 0.3) is 0 Å². The van der Waals surface area contributed by atoms with E-state index in [0.717, 1.165) is 19.1 Å². The molecule has 1 aromatic heterocycles. The zero-order valence-electron chi connectivity index (χ0n) is 8.13. The number of carbonyl (C=O) groups is 1. The van der Waals surface area contributed by atoms with Gasteiger partial charge < -0.3 is 4.98 Å². The number of rotatable bonds is 3. The van der Waals surface area contributed by atoms with E-state index in [0.29, 0.717) is 5.69 Å². The van der Waals surface area contributed by atoms with Gasteiger partial charge in [-0.25, -0.2) is 0 Å². The number of carbonyl (C=O) groups excluding carboxylic acids is 1. The lowest BCUT2D eigenvalue weighted by Gasteiger charge is -1.86. The lowest BCUT2D eigenvalue weighted by Crippen LogP contribution is -2.13. The van der Waals surface area contributed by atoms with Crippen LogP contribution in [0.4, 0.5) is 0 Å². The first-order chi connectivity index (χ1) is 6.28. The van der Waals surface area contributed by atoms with Crippen LogP contribution in [0.15, 0.2) is 12.3 Å². The summed E-state index contributed by atoms with van der Waals surface area (Å²) < 4.78 is 0. The van der Waals surface area contributed by atoms with Crippen LogP contribution >= 0.6 is 0 Å². The number of nitrogens with one attached hydrogen (secondary N) is 2. The molecule has 0 fully saturated rings. The molecule has 0 radical (unpaired) electrons. The van der Waals surface area contributed by atoms with Crippen molar-refractivity contribution in [1.82, 2.24) is 10.4 Å². The zero-order chi connectivity index (χ0) is 10.1. The highest BCUT2D eigenvalue weighted by atomic mass is 16.1. The monoisotopic (exact) mass is 183 g/mol. The van der Waals surface area contributed by atoms with Crippen molar-refractivity contribution in [2.24, 2.45) is 5.84 Å². The Kier molecular flexibility index (Phi) is 6.86. The number of hydrogen-bond acceptors (Lipinski definition) is 3. The Morgan fingerprint density at radius 3 is 2.69 bits per heavy atom. The van der Waals surface area contributed by atoms with Gasteiger partial charge in [0.15, 0.2) is 6.29 Å². The number of aryl methyl sites for hydroxylation is 1. The second-order valence-corrected chi connectivity index (χ2v) is 2.62. The fourth-order valence-corrected chi connectivity index (χ4v) is 0.960. The molecular weight excluding hydrogens is 166 g/mol. The van der Waals surface area contributed by atoms with Crippen molar-refractivity contribution in [2.75, 3.05) is 7.05 Å². The predicted molar refractivity (Wildman–Crippen MR) is 53.4 cm³/mol. The van der Waals surface area contributed by atoms with E-state index in [1.807, 2.05) is 12.3 Å². The third-order valence-electron chi connectivity index (χ3n) is 1.43. The number of aromatic amines is 1. The molecule has 1 rings (SSSR count). The molecule has 1 heterocycles. The van der Waals surface area contributed by atoms with Crippen LogP contribution in [0.2, 0.25) is 0 Å². The van der Waals surface area contributed by atoms with E-state index < -0.39 is 0 Å². The number of aromatic nitrogens is 1. The Morgan fingerprint density at radius 2 is 2.31 bits per heavy atom. The summed E-state index contributed by atoms with van der Waals surface area (Å²) in [5.41, 5.74) is 4.13. The van der Waals surface area contributed by atoms with Crippen molar-refractivity contribution in [2.45, 2.75) is 19.8 Å². The van der Waals surface area contributed by atoms with Gasteiger partial charge in [-0.05, 0) is 25.1 Å². The van der Waals surface area contributed by atoms with E-state index in [1.54, 1.807) is 7.05 Å². The van der Waals surface area contributed by atoms with Crippen LogP contribution in [0.1, 0.15) is 29.4 Å². The average Bonchev–Trinajstić information content (AvgIpc) is 2.54. The standard InChI is InChI=1S/C8H11NO.CH6N2/c1-2-3-7-4-8(6-10)9-5-7;1-3-2/h4-6,9H,2-3H2,1H3;3H,2H2,1H3. The normalized spacial score (nSPS) is 8.85. The molecule has 4 N–H and O–H groups in total. The van der Waals surface area contributed by atoms with Gasteiger partial charge in [0.1, 0.15) is 0 Å². The molecule has 0 unspecified atom stereocenters.